The molecule has 4 N–H and O–H groups in total. The molecule has 42 heavy (non-hydrogen) atoms. The Bertz CT molecular complexity index is 1300. The van der Waals surface area contributed by atoms with Crippen molar-refractivity contribution in [2.45, 2.75) is 23.7 Å². The summed E-state index contributed by atoms with van der Waals surface area (Å²) in [5.41, 5.74) is 4.42. The maximum absolute atomic E-state index is 12.3. The number of piperazine rings is 1. The van der Waals surface area contributed by atoms with Gasteiger partial charge in [0.25, 0.3) is 0 Å². The predicted molar refractivity (Wildman–Crippen MR) is 158 cm³/mol. The monoisotopic (exact) mass is 597 g/mol. The van der Waals surface area contributed by atoms with Crippen LogP contribution >= 0.6 is 11.8 Å². The lowest BCUT2D eigenvalue weighted by molar-refractivity contribution is -0.159. The van der Waals surface area contributed by atoms with Crippen LogP contribution in [0.5, 0.6) is 0 Å². The Hall–Kier alpha value is -3.97. The van der Waals surface area contributed by atoms with Gasteiger partial charge in [0, 0.05) is 49.6 Å². The number of rotatable bonds is 7. The maximum Gasteiger partial charge on any atom is 0.414 e. The normalized spacial score (nSPS) is 15.9. The van der Waals surface area contributed by atoms with E-state index in [4.69, 9.17) is 29.3 Å². The molecule has 3 heterocycles. The van der Waals surface area contributed by atoms with Crippen LogP contribution in [0.15, 0.2) is 71.8 Å². The Kier molecular flexibility index (Phi) is 12.3. The second kappa shape index (κ2) is 15.9. The molecule has 2 aromatic carbocycles. The second-order valence-corrected chi connectivity index (χ2v) is 10.3. The summed E-state index contributed by atoms with van der Waals surface area (Å²) in [6.45, 7) is 7.13. The summed E-state index contributed by atoms with van der Waals surface area (Å²) >= 11 is 1.89. The van der Waals surface area contributed by atoms with E-state index >= 15 is 0 Å². The summed E-state index contributed by atoms with van der Waals surface area (Å²) in [5.74, 6) is -2.28. The van der Waals surface area contributed by atoms with Crippen molar-refractivity contribution in [1.29, 1.82) is 0 Å². The standard InChI is InChI=1S/C28H31N3O3S.C2H2O4.H2O/c1-2-33-28(32)24-11-7-13-29-27(24)31-16-14-30(15-17-31)18-19-34-26-22-9-4-3-8-21(22)20-35-25-12-6-5-10-23(25)26;3-1(4)2(5)6;/h3-13,26H,2,14-20H2,1H3;(H,3,4)(H,5,6);1H2. The average Bonchev–Trinajstić information content (AvgIpc) is 3.15. The number of pyridine rings is 1. The quantitative estimate of drug-likeness (QED) is 0.304. The van der Waals surface area contributed by atoms with Crippen molar-refractivity contribution in [3.8, 4) is 0 Å². The zero-order valence-corrected chi connectivity index (χ0v) is 24.1. The van der Waals surface area contributed by atoms with Gasteiger partial charge in [0.2, 0.25) is 0 Å². The number of nitrogens with zero attached hydrogens (tertiary/aromatic N) is 3. The fourth-order valence-corrected chi connectivity index (χ4v) is 5.84. The third-order valence-corrected chi connectivity index (χ3v) is 7.89. The molecule has 12 heteroatoms. The van der Waals surface area contributed by atoms with E-state index < -0.39 is 11.9 Å². The zero-order chi connectivity index (χ0) is 29.2. The number of carbonyl (C=O) groups is 3. The van der Waals surface area contributed by atoms with Crippen LogP contribution in [-0.2, 0) is 24.8 Å². The number of aliphatic carboxylic acids is 2. The Morgan fingerprint density at radius 2 is 1.60 bits per heavy atom. The lowest BCUT2D eigenvalue weighted by Gasteiger charge is -2.36. The SMILES string of the molecule is CCOC(=O)c1cccnc1N1CCN(CCOC2c3ccccc3CSc3ccccc32)CC1.O.O=C(O)C(=O)O. The number of aromatic nitrogens is 1. The first kappa shape index (κ1) is 32.5. The van der Waals surface area contributed by atoms with Crippen molar-refractivity contribution < 1.29 is 39.5 Å². The number of carboxylic acid groups (broad SMARTS) is 2. The van der Waals surface area contributed by atoms with Gasteiger partial charge in [-0.3, -0.25) is 4.90 Å². The number of esters is 1. The first-order valence-corrected chi connectivity index (χ1v) is 14.3. The molecule has 2 aliphatic heterocycles. The molecule has 0 saturated carbocycles. The number of hydrogen-bond acceptors (Lipinski definition) is 9. The van der Waals surface area contributed by atoms with Gasteiger partial charge in [-0.2, -0.15) is 0 Å². The van der Waals surface area contributed by atoms with E-state index in [1.807, 2.05) is 18.7 Å². The van der Waals surface area contributed by atoms with Crippen LogP contribution in [0.4, 0.5) is 5.82 Å². The highest BCUT2D eigenvalue weighted by atomic mass is 32.2. The van der Waals surface area contributed by atoms with Crippen molar-refractivity contribution in [3.63, 3.8) is 0 Å². The van der Waals surface area contributed by atoms with Gasteiger partial charge < -0.3 is 30.1 Å². The highest BCUT2D eigenvalue weighted by molar-refractivity contribution is 7.98. The highest BCUT2D eigenvalue weighted by Crippen LogP contribution is 2.41. The van der Waals surface area contributed by atoms with E-state index in [0.717, 1.165) is 38.5 Å². The third-order valence-electron chi connectivity index (χ3n) is 6.75. The molecule has 1 fully saturated rings. The molecule has 1 unspecified atom stereocenters. The second-order valence-electron chi connectivity index (χ2n) is 9.31. The summed E-state index contributed by atoms with van der Waals surface area (Å²) in [5, 5.41) is 14.8. The smallest absolute Gasteiger partial charge is 0.414 e. The Morgan fingerprint density at radius 3 is 2.29 bits per heavy atom. The predicted octanol–water partition coefficient (Wildman–Crippen LogP) is 3.12. The fourth-order valence-electron chi connectivity index (χ4n) is 4.75. The molecule has 5 rings (SSSR count). The molecule has 1 atom stereocenters. The molecule has 0 radical (unpaired) electrons. The third kappa shape index (κ3) is 8.29. The highest BCUT2D eigenvalue weighted by Gasteiger charge is 2.26. The van der Waals surface area contributed by atoms with Gasteiger partial charge in [-0.1, -0.05) is 42.5 Å². The number of fused-ring (bicyclic) bond motifs is 2. The molecule has 0 bridgehead atoms. The van der Waals surface area contributed by atoms with Crippen molar-refractivity contribution >= 4 is 35.5 Å². The fraction of sp³-hybridized carbons (Fsp3) is 0.333. The van der Waals surface area contributed by atoms with Crippen LogP contribution in [0.1, 0.15) is 40.1 Å². The first-order chi connectivity index (χ1) is 19.9. The number of anilines is 1. The number of carbonyl (C=O) groups excluding carboxylic acids is 1. The lowest BCUT2D eigenvalue weighted by atomic mass is 9.97. The molecule has 3 aromatic rings. The molecule has 0 aliphatic carbocycles. The molecule has 224 valence electrons. The van der Waals surface area contributed by atoms with Gasteiger partial charge in [0.1, 0.15) is 17.5 Å². The number of benzene rings is 2. The van der Waals surface area contributed by atoms with Gasteiger partial charge in [-0.15, -0.1) is 11.8 Å². The van der Waals surface area contributed by atoms with Crippen molar-refractivity contribution in [3.05, 3.63) is 89.1 Å². The largest absolute Gasteiger partial charge is 0.473 e. The topological polar surface area (TPSA) is 161 Å². The van der Waals surface area contributed by atoms with E-state index in [1.54, 1.807) is 18.3 Å². The summed E-state index contributed by atoms with van der Waals surface area (Å²) in [4.78, 5) is 40.9. The summed E-state index contributed by atoms with van der Waals surface area (Å²) in [7, 11) is 0. The van der Waals surface area contributed by atoms with Crippen molar-refractivity contribution in [2.75, 3.05) is 50.8 Å². The minimum atomic E-state index is -1.82. The molecule has 1 aromatic heterocycles. The average molecular weight is 598 g/mol. The number of ether oxygens (including phenoxy) is 2. The molecule has 0 amide bonds. The Morgan fingerprint density at radius 1 is 0.929 bits per heavy atom. The zero-order valence-electron chi connectivity index (χ0n) is 23.3. The molecule has 1 saturated heterocycles. The molecular formula is C30H35N3O8S. The van der Waals surface area contributed by atoms with Crippen LogP contribution in [0.25, 0.3) is 0 Å². The van der Waals surface area contributed by atoms with Crippen LogP contribution < -0.4 is 4.90 Å². The molecular weight excluding hydrogens is 562 g/mol. The van der Waals surface area contributed by atoms with Gasteiger partial charge in [0.15, 0.2) is 0 Å². The maximum atomic E-state index is 12.3. The van der Waals surface area contributed by atoms with E-state index in [2.05, 4.69) is 63.3 Å². The lowest BCUT2D eigenvalue weighted by Crippen LogP contribution is -2.48. The summed E-state index contributed by atoms with van der Waals surface area (Å²) < 4.78 is 11.8. The minimum Gasteiger partial charge on any atom is -0.473 e. The number of hydrogen-bond donors (Lipinski definition) is 2. The van der Waals surface area contributed by atoms with E-state index in [1.165, 1.54) is 21.6 Å². The van der Waals surface area contributed by atoms with Crippen molar-refractivity contribution in [1.82, 2.24) is 9.88 Å². The summed E-state index contributed by atoms with van der Waals surface area (Å²) in [6, 6.07) is 20.8. The molecule has 2 aliphatic rings. The molecule has 11 nitrogen and oxygen atoms in total. The number of thioether (sulfide) groups is 1. The molecule has 0 spiro atoms. The van der Waals surface area contributed by atoms with E-state index in [0.29, 0.717) is 24.6 Å². The Labute approximate surface area is 248 Å². The van der Waals surface area contributed by atoms with Gasteiger partial charge in [0.05, 0.1) is 13.2 Å². The van der Waals surface area contributed by atoms with Gasteiger partial charge >= 0.3 is 17.9 Å². The Balaban J connectivity index is 0.000000628. The number of carboxylic acids is 2. The summed E-state index contributed by atoms with van der Waals surface area (Å²) in [6.07, 6.45) is 1.69. The van der Waals surface area contributed by atoms with Crippen LogP contribution in [0, 0.1) is 0 Å². The van der Waals surface area contributed by atoms with Gasteiger partial charge in [-0.05, 0) is 41.8 Å². The van der Waals surface area contributed by atoms with Crippen LogP contribution in [0.2, 0.25) is 0 Å². The van der Waals surface area contributed by atoms with Crippen LogP contribution in [0.3, 0.4) is 0 Å². The first-order valence-electron chi connectivity index (χ1n) is 13.4. The van der Waals surface area contributed by atoms with Gasteiger partial charge in [-0.25, -0.2) is 19.4 Å². The van der Waals surface area contributed by atoms with Crippen LogP contribution in [-0.4, -0.2) is 89.4 Å². The van der Waals surface area contributed by atoms with E-state index in [-0.39, 0.29) is 17.5 Å². The minimum absolute atomic E-state index is 0. The van der Waals surface area contributed by atoms with E-state index in [9.17, 15) is 4.79 Å². The van der Waals surface area contributed by atoms with Crippen molar-refractivity contribution in [2.24, 2.45) is 0 Å².